The van der Waals surface area contributed by atoms with E-state index in [9.17, 15) is 9.18 Å². The largest absolute Gasteiger partial charge is 0.399 e. The quantitative estimate of drug-likeness (QED) is 0.850. The standard InChI is InChI=1S/C15H14ClFN2O/c1-9(10-2-4-12(16)5-3-10)19-15(20)11-6-13(17)8-14(18)7-11/h2-9H,18H2,1H3,(H,19,20). The third-order valence-corrected chi connectivity index (χ3v) is 3.15. The number of carbonyl (C=O) groups excluding carboxylic acids is 1. The lowest BCUT2D eigenvalue weighted by atomic mass is 10.1. The Morgan fingerprint density at radius 1 is 1.25 bits per heavy atom. The van der Waals surface area contributed by atoms with Crippen LogP contribution in [0.2, 0.25) is 5.02 Å². The van der Waals surface area contributed by atoms with Crippen LogP contribution < -0.4 is 11.1 Å². The van der Waals surface area contributed by atoms with Gasteiger partial charge in [-0.3, -0.25) is 4.79 Å². The topological polar surface area (TPSA) is 55.1 Å². The number of nitrogens with two attached hydrogens (primary N) is 1. The Labute approximate surface area is 121 Å². The van der Waals surface area contributed by atoms with Crippen molar-refractivity contribution >= 4 is 23.2 Å². The molecule has 0 aliphatic rings. The maximum Gasteiger partial charge on any atom is 0.251 e. The molecule has 3 N–H and O–H groups in total. The SMILES string of the molecule is CC(NC(=O)c1cc(N)cc(F)c1)c1ccc(Cl)cc1. The van der Waals surface area contributed by atoms with Crippen molar-refractivity contribution in [2.75, 3.05) is 5.73 Å². The van der Waals surface area contributed by atoms with Crippen LogP contribution in [0.4, 0.5) is 10.1 Å². The first-order chi connectivity index (χ1) is 9.45. The fraction of sp³-hybridized carbons (Fsp3) is 0.133. The molecule has 1 unspecified atom stereocenters. The van der Waals surface area contributed by atoms with Gasteiger partial charge in [0.15, 0.2) is 0 Å². The van der Waals surface area contributed by atoms with Gasteiger partial charge in [0.05, 0.1) is 6.04 Å². The molecule has 20 heavy (non-hydrogen) atoms. The fourth-order valence-corrected chi connectivity index (χ4v) is 1.98. The molecule has 1 amide bonds. The number of hydrogen-bond acceptors (Lipinski definition) is 2. The van der Waals surface area contributed by atoms with E-state index >= 15 is 0 Å². The normalized spacial score (nSPS) is 11.9. The minimum atomic E-state index is -0.533. The Bertz CT molecular complexity index is 608. The number of benzene rings is 2. The molecule has 0 spiro atoms. The van der Waals surface area contributed by atoms with Crippen molar-refractivity contribution in [1.29, 1.82) is 0 Å². The van der Waals surface area contributed by atoms with E-state index in [-0.39, 0.29) is 23.2 Å². The van der Waals surface area contributed by atoms with Crippen LogP contribution in [0.25, 0.3) is 0 Å². The van der Waals surface area contributed by atoms with Gasteiger partial charge in [0.2, 0.25) is 0 Å². The first-order valence-corrected chi connectivity index (χ1v) is 6.46. The van der Waals surface area contributed by atoms with Gasteiger partial charge < -0.3 is 11.1 Å². The molecule has 5 heteroatoms. The zero-order valence-electron chi connectivity index (χ0n) is 10.9. The van der Waals surface area contributed by atoms with Gasteiger partial charge in [0.1, 0.15) is 5.82 Å². The highest BCUT2D eigenvalue weighted by molar-refractivity contribution is 6.30. The first-order valence-electron chi connectivity index (χ1n) is 6.08. The Morgan fingerprint density at radius 2 is 1.90 bits per heavy atom. The molecule has 2 rings (SSSR count). The highest BCUT2D eigenvalue weighted by Gasteiger charge is 2.12. The first kappa shape index (κ1) is 14.3. The maximum atomic E-state index is 13.2. The second-order valence-electron chi connectivity index (χ2n) is 4.52. The van der Waals surface area contributed by atoms with E-state index in [1.165, 1.54) is 12.1 Å². The molecule has 0 aromatic heterocycles. The summed E-state index contributed by atoms with van der Waals surface area (Å²) in [4.78, 5) is 12.0. The number of rotatable bonds is 3. The second-order valence-corrected chi connectivity index (χ2v) is 4.96. The third kappa shape index (κ3) is 3.48. The highest BCUT2D eigenvalue weighted by Crippen LogP contribution is 2.17. The molecule has 104 valence electrons. The number of nitrogen functional groups attached to an aromatic ring is 1. The minimum absolute atomic E-state index is 0.198. The van der Waals surface area contributed by atoms with E-state index in [1.54, 1.807) is 12.1 Å². The van der Waals surface area contributed by atoms with E-state index in [4.69, 9.17) is 17.3 Å². The average molecular weight is 293 g/mol. The summed E-state index contributed by atoms with van der Waals surface area (Å²) in [5, 5.41) is 3.41. The van der Waals surface area contributed by atoms with E-state index < -0.39 is 5.82 Å². The van der Waals surface area contributed by atoms with Crippen molar-refractivity contribution in [3.8, 4) is 0 Å². The maximum absolute atomic E-state index is 13.2. The Balaban J connectivity index is 2.12. The zero-order valence-corrected chi connectivity index (χ0v) is 11.6. The van der Waals surface area contributed by atoms with Crippen LogP contribution in [-0.4, -0.2) is 5.91 Å². The van der Waals surface area contributed by atoms with Crippen molar-refractivity contribution in [3.63, 3.8) is 0 Å². The summed E-state index contributed by atoms with van der Waals surface area (Å²) in [6, 6.07) is 10.7. The fourth-order valence-electron chi connectivity index (χ4n) is 1.86. The summed E-state index contributed by atoms with van der Waals surface area (Å²) in [7, 11) is 0. The molecule has 3 nitrogen and oxygen atoms in total. The van der Waals surface area contributed by atoms with Gasteiger partial charge in [-0.05, 0) is 42.8 Å². The van der Waals surface area contributed by atoms with Crippen LogP contribution in [-0.2, 0) is 0 Å². The second kappa shape index (κ2) is 5.92. The summed E-state index contributed by atoms with van der Waals surface area (Å²) in [6.45, 7) is 1.84. The van der Waals surface area contributed by atoms with Crippen LogP contribution in [0.1, 0.15) is 28.9 Å². The molecule has 2 aromatic carbocycles. The lowest BCUT2D eigenvalue weighted by Gasteiger charge is -2.14. The van der Waals surface area contributed by atoms with Gasteiger partial charge in [0, 0.05) is 16.3 Å². The Morgan fingerprint density at radius 3 is 2.50 bits per heavy atom. The lowest BCUT2D eigenvalue weighted by Crippen LogP contribution is -2.26. The molecule has 1 atom stereocenters. The number of halogens is 2. The Hall–Kier alpha value is -2.07. The molecule has 2 aromatic rings. The molecule has 0 saturated carbocycles. The minimum Gasteiger partial charge on any atom is -0.399 e. The van der Waals surface area contributed by atoms with Gasteiger partial charge in [-0.1, -0.05) is 23.7 Å². The summed E-state index contributed by atoms with van der Waals surface area (Å²) < 4.78 is 13.2. The number of hydrogen-bond donors (Lipinski definition) is 2. The van der Waals surface area contributed by atoms with E-state index in [2.05, 4.69) is 5.32 Å². The molecule has 0 aliphatic heterocycles. The lowest BCUT2D eigenvalue weighted by molar-refractivity contribution is 0.0939. The molecule has 0 aliphatic carbocycles. The van der Waals surface area contributed by atoms with Gasteiger partial charge in [-0.2, -0.15) is 0 Å². The highest BCUT2D eigenvalue weighted by atomic mass is 35.5. The summed E-state index contributed by atoms with van der Waals surface area (Å²) >= 11 is 5.81. The predicted molar refractivity (Wildman–Crippen MR) is 78.1 cm³/mol. The smallest absolute Gasteiger partial charge is 0.251 e. The number of anilines is 1. The van der Waals surface area contributed by atoms with Gasteiger partial charge in [-0.25, -0.2) is 4.39 Å². The van der Waals surface area contributed by atoms with Crippen LogP contribution in [0.3, 0.4) is 0 Å². The van der Waals surface area contributed by atoms with Gasteiger partial charge in [0.25, 0.3) is 5.91 Å². The van der Waals surface area contributed by atoms with Gasteiger partial charge in [-0.15, -0.1) is 0 Å². The van der Waals surface area contributed by atoms with E-state index in [1.807, 2.05) is 19.1 Å². The molecule has 0 heterocycles. The monoisotopic (exact) mass is 292 g/mol. The summed E-state index contributed by atoms with van der Waals surface area (Å²) in [5.74, 6) is -0.909. The molecular weight excluding hydrogens is 279 g/mol. The van der Waals surface area contributed by atoms with Crippen molar-refractivity contribution in [1.82, 2.24) is 5.32 Å². The predicted octanol–water partition coefficient (Wildman–Crippen LogP) is 3.55. The van der Waals surface area contributed by atoms with Crippen molar-refractivity contribution < 1.29 is 9.18 Å². The summed E-state index contributed by atoms with van der Waals surface area (Å²) in [6.07, 6.45) is 0. The average Bonchev–Trinajstić information content (AvgIpc) is 2.38. The van der Waals surface area contributed by atoms with Crippen molar-refractivity contribution in [2.45, 2.75) is 13.0 Å². The molecule has 0 fully saturated rings. The molecule has 0 bridgehead atoms. The van der Waals surface area contributed by atoms with E-state index in [0.29, 0.717) is 5.02 Å². The zero-order chi connectivity index (χ0) is 14.7. The van der Waals surface area contributed by atoms with Crippen LogP contribution in [0.5, 0.6) is 0 Å². The Kier molecular flexibility index (Phi) is 4.25. The summed E-state index contributed by atoms with van der Waals surface area (Å²) in [5.41, 5.74) is 6.84. The van der Waals surface area contributed by atoms with Crippen molar-refractivity contribution in [3.05, 3.63) is 64.4 Å². The van der Waals surface area contributed by atoms with E-state index in [0.717, 1.165) is 11.6 Å². The number of carbonyl (C=O) groups is 1. The van der Waals surface area contributed by atoms with Crippen LogP contribution >= 0.6 is 11.6 Å². The van der Waals surface area contributed by atoms with Crippen molar-refractivity contribution in [2.24, 2.45) is 0 Å². The molecular formula is C15H14ClFN2O. The number of nitrogens with one attached hydrogen (secondary N) is 1. The van der Waals surface area contributed by atoms with Gasteiger partial charge >= 0.3 is 0 Å². The third-order valence-electron chi connectivity index (χ3n) is 2.90. The van der Waals surface area contributed by atoms with Crippen LogP contribution in [0.15, 0.2) is 42.5 Å². The molecule has 0 saturated heterocycles. The number of amides is 1. The van der Waals surface area contributed by atoms with Crippen LogP contribution in [0, 0.1) is 5.82 Å². The molecule has 0 radical (unpaired) electrons.